The predicted molar refractivity (Wildman–Crippen MR) is 47.2 cm³/mol. The summed E-state index contributed by atoms with van der Waals surface area (Å²) in [6.07, 6.45) is 2.19. The van der Waals surface area contributed by atoms with Gasteiger partial charge in [-0.05, 0) is 19.8 Å². The van der Waals surface area contributed by atoms with Crippen molar-refractivity contribution in [2.75, 3.05) is 6.54 Å². The van der Waals surface area contributed by atoms with E-state index in [0.717, 1.165) is 6.42 Å². The van der Waals surface area contributed by atoms with Crippen LogP contribution in [0.5, 0.6) is 0 Å². The second kappa shape index (κ2) is 4.25. The molecule has 2 atom stereocenters. The summed E-state index contributed by atoms with van der Waals surface area (Å²) in [7, 11) is 0. The number of aliphatic carboxylic acids is 1. The van der Waals surface area contributed by atoms with E-state index in [4.69, 9.17) is 5.11 Å². The molecule has 1 rings (SSSR count). The van der Waals surface area contributed by atoms with E-state index in [-0.39, 0.29) is 11.8 Å². The van der Waals surface area contributed by atoms with Gasteiger partial charge in [0.2, 0.25) is 5.91 Å². The minimum absolute atomic E-state index is 0.104. The number of amides is 1. The molecule has 1 aliphatic carbocycles. The van der Waals surface area contributed by atoms with Gasteiger partial charge in [-0.25, -0.2) is 0 Å². The summed E-state index contributed by atoms with van der Waals surface area (Å²) < 4.78 is 0. The molecule has 13 heavy (non-hydrogen) atoms. The van der Waals surface area contributed by atoms with Crippen LogP contribution in [0.3, 0.4) is 0 Å². The van der Waals surface area contributed by atoms with Crippen molar-refractivity contribution in [1.29, 1.82) is 0 Å². The summed E-state index contributed by atoms with van der Waals surface area (Å²) >= 11 is 0. The molecule has 1 aliphatic rings. The molecule has 74 valence electrons. The normalized spacial score (nSPS) is 27.2. The number of carbonyl (C=O) groups is 2. The van der Waals surface area contributed by atoms with Crippen LogP contribution in [0, 0.1) is 11.8 Å². The van der Waals surface area contributed by atoms with Crippen molar-refractivity contribution in [1.82, 2.24) is 5.32 Å². The van der Waals surface area contributed by atoms with E-state index in [2.05, 4.69) is 5.32 Å². The first-order valence-corrected chi connectivity index (χ1v) is 4.67. The maximum Gasteiger partial charge on any atom is 0.307 e. The highest BCUT2D eigenvalue weighted by molar-refractivity contribution is 5.85. The lowest BCUT2D eigenvalue weighted by Gasteiger charge is -2.14. The Hall–Kier alpha value is -1.06. The average Bonchev–Trinajstić information content (AvgIpc) is 2.52. The molecule has 0 spiro atoms. The smallest absolute Gasteiger partial charge is 0.307 e. The number of hydrogen-bond donors (Lipinski definition) is 2. The Bertz CT molecular complexity index is 215. The van der Waals surface area contributed by atoms with Crippen LogP contribution in [-0.4, -0.2) is 23.5 Å². The highest BCUT2D eigenvalue weighted by Gasteiger charge is 2.37. The van der Waals surface area contributed by atoms with E-state index < -0.39 is 11.9 Å². The average molecular weight is 185 g/mol. The van der Waals surface area contributed by atoms with Gasteiger partial charge in [0.25, 0.3) is 0 Å². The van der Waals surface area contributed by atoms with Gasteiger partial charge in [-0.15, -0.1) is 0 Å². The van der Waals surface area contributed by atoms with Gasteiger partial charge in [-0.3, -0.25) is 9.59 Å². The molecule has 0 aromatic carbocycles. The topological polar surface area (TPSA) is 66.4 Å². The summed E-state index contributed by atoms with van der Waals surface area (Å²) in [6, 6.07) is 0. The van der Waals surface area contributed by atoms with Crippen LogP contribution in [0.2, 0.25) is 0 Å². The lowest BCUT2D eigenvalue weighted by Crippen LogP contribution is -2.35. The molecule has 0 heterocycles. The fourth-order valence-electron chi connectivity index (χ4n) is 1.87. The third-order valence-corrected chi connectivity index (χ3v) is 2.52. The first-order chi connectivity index (χ1) is 6.16. The number of rotatable bonds is 3. The Balaban J connectivity index is 2.57. The maximum absolute atomic E-state index is 11.4. The first-order valence-electron chi connectivity index (χ1n) is 4.67. The van der Waals surface area contributed by atoms with Crippen LogP contribution in [0.4, 0.5) is 0 Å². The van der Waals surface area contributed by atoms with Crippen LogP contribution >= 0.6 is 0 Å². The van der Waals surface area contributed by atoms with Crippen molar-refractivity contribution in [3.8, 4) is 0 Å². The number of carboxylic acids is 1. The Labute approximate surface area is 77.3 Å². The predicted octanol–water partition coefficient (Wildman–Crippen LogP) is 0.623. The molecule has 0 bridgehead atoms. The zero-order chi connectivity index (χ0) is 9.84. The Morgan fingerprint density at radius 2 is 2.00 bits per heavy atom. The van der Waals surface area contributed by atoms with Gasteiger partial charge in [-0.2, -0.15) is 0 Å². The van der Waals surface area contributed by atoms with Gasteiger partial charge in [-0.1, -0.05) is 6.42 Å². The monoisotopic (exact) mass is 185 g/mol. The van der Waals surface area contributed by atoms with Gasteiger partial charge in [0.1, 0.15) is 0 Å². The minimum Gasteiger partial charge on any atom is -0.481 e. The summed E-state index contributed by atoms with van der Waals surface area (Å²) in [5, 5.41) is 11.5. The second-order valence-electron chi connectivity index (χ2n) is 3.38. The number of carbonyl (C=O) groups excluding carboxylic acids is 1. The van der Waals surface area contributed by atoms with Crippen molar-refractivity contribution in [3.63, 3.8) is 0 Å². The quantitative estimate of drug-likeness (QED) is 0.677. The van der Waals surface area contributed by atoms with Crippen LogP contribution in [0.15, 0.2) is 0 Å². The van der Waals surface area contributed by atoms with E-state index in [1.807, 2.05) is 6.92 Å². The van der Waals surface area contributed by atoms with Crippen LogP contribution in [-0.2, 0) is 9.59 Å². The molecular formula is C9H15NO3. The Morgan fingerprint density at radius 3 is 2.54 bits per heavy atom. The van der Waals surface area contributed by atoms with Crippen LogP contribution in [0.1, 0.15) is 26.2 Å². The molecular weight excluding hydrogens is 170 g/mol. The van der Waals surface area contributed by atoms with Gasteiger partial charge >= 0.3 is 5.97 Å². The van der Waals surface area contributed by atoms with E-state index in [1.54, 1.807) is 0 Å². The largest absolute Gasteiger partial charge is 0.481 e. The fourth-order valence-corrected chi connectivity index (χ4v) is 1.87. The van der Waals surface area contributed by atoms with Crippen molar-refractivity contribution in [2.24, 2.45) is 11.8 Å². The van der Waals surface area contributed by atoms with Crippen molar-refractivity contribution < 1.29 is 14.7 Å². The molecule has 2 N–H and O–H groups in total. The zero-order valence-electron chi connectivity index (χ0n) is 7.75. The molecule has 0 aliphatic heterocycles. The van der Waals surface area contributed by atoms with Gasteiger partial charge in [0.05, 0.1) is 11.8 Å². The highest BCUT2D eigenvalue weighted by atomic mass is 16.4. The van der Waals surface area contributed by atoms with Crippen LogP contribution < -0.4 is 5.32 Å². The summed E-state index contributed by atoms with van der Waals surface area (Å²) in [6.45, 7) is 2.41. The lowest BCUT2D eigenvalue weighted by molar-refractivity contribution is -0.146. The van der Waals surface area contributed by atoms with Crippen molar-refractivity contribution >= 4 is 11.9 Å². The van der Waals surface area contributed by atoms with Crippen molar-refractivity contribution in [2.45, 2.75) is 26.2 Å². The second-order valence-corrected chi connectivity index (χ2v) is 3.38. The SMILES string of the molecule is CCNC(=O)[C@@H]1CCC[C@@H]1C(=O)O. The first kappa shape index (κ1) is 10.0. The van der Waals surface area contributed by atoms with E-state index in [1.165, 1.54) is 0 Å². The molecule has 0 radical (unpaired) electrons. The third kappa shape index (κ3) is 2.20. The summed E-state index contributed by atoms with van der Waals surface area (Å²) in [4.78, 5) is 22.1. The summed E-state index contributed by atoms with van der Waals surface area (Å²) in [5.41, 5.74) is 0. The fraction of sp³-hybridized carbons (Fsp3) is 0.778. The van der Waals surface area contributed by atoms with Crippen molar-refractivity contribution in [3.05, 3.63) is 0 Å². The molecule has 1 fully saturated rings. The third-order valence-electron chi connectivity index (χ3n) is 2.52. The van der Waals surface area contributed by atoms with Gasteiger partial charge < -0.3 is 10.4 Å². The standard InChI is InChI=1S/C9H15NO3/c1-2-10-8(11)6-4-3-5-7(6)9(12)13/h6-7H,2-5H2,1H3,(H,10,11)(H,12,13)/t6-,7+/m1/s1. The van der Waals surface area contributed by atoms with Gasteiger partial charge in [0, 0.05) is 6.54 Å². The molecule has 1 saturated carbocycles. The number of nitrogens with one attached hydrogen (secondary N) is 1. The van der Waals surface area contributed by atoms with E-state index in [0.29, 0.717) is 19.4 Å². The molecule has 4 nitrogen and oxygen atoms in total. The van der Waals surface area contributed by atoms with E-state index >= 15 is 0 Å². The molecule has 1 amide bonds. The van der Waals surface area contributed by atoms with Crippen LogP contribution in [0.25, 0.3) is 0 Å². The molecule has 0 saturated heterocycles. The van der Waals surface area contributed by atoms with Gasteiger partial charge in [0.15, 0.2) is 0 Å². The van der Waals surface area contributed by atoms with E-state index in [9.17, 15) is 9.59 Å². The Morgan fingerprint density at radius 1 is 1.38 bits per heavy atom. The lowest BCUT2D eigenvalue weighted by atomic mass is 9.95. The number of hydrogen-bond acceptors (Lipinski definition) is 2. The molecule has 4 heteroatoms. The number of carboxylic acid groups (broad SMARTS) is 1. The Kier molecular flexibility index (Phi) is 3.28. The molecule has 0 unspecified atom stereocenters. The molecule has 0 aromatic rings. The summed E-state index contributed by atoms with van der Waals surface area (Å²) in [5.74, 6) is -1.72. The molecule has 0 aromatic heterocycles. The maximum atomic E-state index is 11.4. The highest BCUT2D eigenvalue weighted by Crippen LogP contribution is 2.31. The zero-order valence-corrected chi connectivity index (χ0v) is 7.75. The minimum atomic E-state index is -0.839.